The Hall–Kier alpha value is 0.0500. The van der Waals surface area contributed by atoms with Gasteiger partial charge < -0.3 is 5.73 Å². The van der Waals surface area contributed by atoms with Crippen LogP contribution < -0.4 is 5.73 Å². The summed E-state index contributed by atoms with van der Waals surface area (Å²) in [6.07, 6.45) is 2.98. The molecule has 2 heterocycles. The Balaban J connectivity index is 2.37. The first-order valence-electron chi connectivity index (χ1n) is 5.97. The van der Waals surface area contributed by atoms with E-state index in [4.69, 9.17) is 5.73 Å². The highest BCUT2D eigenvalue weighted by molar-refractivity contribution is 9.11. The minimum atomic E-state index is -3.39. The van der Waals surface area contributed by atoms with Gasteiger partial charge in [0, 0.05) is 24.0 Å². The Morgan fingerprint density at radius 1 is 1.56 bits per heavy atom. The van der Waals surface area contributed by atoms with Crippen LogP contribution >= 0.6 is 27.3 Å². The second-order valence-corrected chi connectivity index (χ2v) is 8.83. The lowest BCUT2D eigenvalue weighted by Crippen LogP contribution is -2.41. The number of nitrogens with two attached hydrogens (primary N) is 1. The standard InChI is InChI=1S/C11H17BrN2O2S2/c1-8-4-2-3-5-14(8)18(15,16)10-6-9(7-13)17-11(10)12/h6,8H,2-5,7,13H2,1H3. The lowest BCUT2D eigenvalue weighted by atomic mass is 10.1. The van der Waals surface area contributed by atoms with Gasteiger partial charge in [-0.15, -0.1) is 11.3 Å². The summed E-state index contributed by atoms with van der Waals surface area (Å²) in [5, 5.41) is 0. The minimum Gasteiger partial charge on any atom is -0.326 e. The molecule has 0 aliphatic carbocycles. The van der Waals surface area contributed by atoms with Crippen LogP contribution in [0.15, 0.2) is 14.7 Å². The molecule has 18 heavy (non-hydrogen) atoms. The van der Waals surface area contributed by atoms with Crippen molar-refractivity contribution in [3.8, 4) is 0 Å². The summed E-state index contributed by atoms with van der Waals surface area (Å²) < 4.78 is 27.5. The molecular weight excluding hydrogens is 336 g/mol. The summed E-state index contributed by atoms with van der Waals surface area (Å²) in [5.41, 5.74) is 5.56. The highest BCUT2D eigenvalue weighted by Gasteiger charge is 2.33. The van der Waals surface area contributed by atoms with Gasteiger partial charge in [0.2, 0.25) is 10.0 Å². The van der Waals surface area contributed by atoms with Crippen molar-refractivity contribution in [3.05, 3.63) is 14.7 Å². The summed E-state index contributed by atoms with van der Waals surface area (Å²) in [7, 11) is -3.39. The Labute approximate surface area is 120 Å². The molecule has 0 bridgehead atoms. The summed E-state index contributed by atoms with van der Waals surface area (Å²) >= 11 is 4.73. The first kappa shape index (κ1) is 14.5. The second kappa shape index (κ2) is 5.58. The minimum absolute atomic E-state index is 0.0804. The van der Waals surface area contributed by atoms with Crippen LogP contribution in [0.5, 0.6) is 0 Å². The van der Waals surface area contributed by atoms with Crippen LogP contribution in [0.2, 0.25) is 0 Å². The van der Waals surface area contributed by atoms with Gasteiger partial charge in [-0.25, -0.2) is 8.42 Å². The van der Waals surface area contributed by atoms with Crippen molar-refractivity contribution >= 4 is 37.3 Å². The van der Waals surface area contributed by atoms with E-state index in [9.17, 15) is 8.42 Å². The number of thiophene rings is 1. The third kappa shape index (κ3) is 2.65. The molecule has 1 aromatic heterocycles. The van der Waals surface area contributed by atoms with Crippen LogP contribution in [-0.2, 0) is 16.6 Å². The fraction of sp³-hybridized carbons (Fsp3) is 0.636. The zero-order chi connectivity index (χ0) is 13.3. The lowest BCUT2D eigenvalue weighted by molar-refractivity contribution is 0.268. The molecule has 1 atom stereocenters. The molecule has 7 heteroatoms. The molecule has 1 aliphatic rings. The molecule has 0 spiro atoms. The number of hydrogen-bond donors (Lipinski definition) is 1. The van der Waals surface area contributed by atoms with E-state index < -0.39 is 10.0 Å². The molecular formula is C11H17BrN2O2S2. The van der Waals surface area contributed by atoms with Gasteiger partial charge in [0.1, 0.15) is 4.90 Å². The lowest BCUT2D eigenvalue weighted by Gasteiger charge is -2.32. The summed E-state index contributed by atoms with van der Waals surface area (Å²) in [5.74, 6) is 0. The zero-order valence-corrected chi connectivity index (χ0v) is 13.4. The maximum absolute atomic E-state index is 12.6. The highest BCUT2D eigenvalue weighted by Crippen LogP contribution is 2.35. The maximum Gasteiger partial charge on any atom is 0.245 e. The van der Waals surface area contributed by atoms with Crippen molar-refractivity contribution in [1.82, 2.24) is 4.31 Å². The predicted octanol–water partition coefficient (Wildman–Crippen LogP) is 2.53. The fourth-order valence-electron chi connectivity index (χ4n) is 2.23. The van der Waals surface area contributed by atoms with E-state index in [1.165, 1.54) is 11.3 Å². The van der Waals surface area contributed by atoms with E-state index in [0.29, 0.717) is 21.8 Å². The van der Waals surface area contributed by atoms with Gasteiger partial charge in [-0.1, -0.05) is 6.42 Å². The summed E-state index contributed by atoms with van der Waals surface area (Å²) in [6.45, 7) is 2.96. The summed E-state index contributed by atoms with van der Waals surface area (Å²) in [4.78, 5) is 1.24. The normalized spacial score (nSPS) is 22.3. The number of piperidine rings is 1. The molecule has 0 amide bonds. The molecule has 1 fully saturated rings. The molecule has 0 radical (unpaired) electrons. The third-order valence-electron chi connectivity index (χ3n) is 3.24. The van der Waals surface area contributed by atoms with Crippen molar-refractivity contribution in [1.29, 1.82) is 0 Å². The SMILES string of the molecule is CC1CCCCN1S(=O)(=O)c1cc(CN)sc1Br. The molecule has 102 valence electrons. The first-order chi connectivity index (χ1) is 8.46. The number of sulfonamides is 1. The van der Waals surface area contributed by atoms with Crippen LogP contribution in [-0.4, -0.2) is 25.3 Å². The molecule has 2 N–H and O–H groups in total. The van der Waals surface area contributed by atoms with E-state index >= 15 is 0 Å². The van der Waals surface area contributed by atoms with Gasteiger partial charge in [-0.3, -0.25) is 0 Å². The number of rotatable bonds is 3. The number of nitrogens with zero attached hydrogens (tertiary/aromatic N) is 1. The van der Waals surface area contributed by atoms with Crippen molar-refractivity contribution in [3.63, 3.8) is 0 Å². The van der Waals surface area contributed by atoms with Crippen LogP contribution in [0, 0.1) is 0 Å². The molecule has 0 saturated carbocycles. The average Bonchev–Trinajstić information content (AvgIpc) is 2.71. The topological polar surface area (TPSA) is 63.4 Å². The van der Waals surface area contributed by atoms with Gasteiger partial charge in [0.25, 0.3) is 0 Å². The first-order valence-corrected chi connectivity index (χ1v) is 9.02. The predicted molar refractivity (Wildman–Crippen MR) is 77.1 cm³/mol. The Bertz CT molecular complexity index is 527. The van der Waals surface area contributed by atoms with E-state index in [1.54, 1.807) is 10.4 Å². The highest BCUT2D eigenvalue weighted by atomic mass is 79.9. The molecule has 1 aromatic rings. The van der Waals surface area contributed by atoms with Crippen LogP contribution in [0.25, 0.3) is 0 Å². The van der Waals surface area contributed by atoms with Crippen molar-refractivity contribution in [2.75, 3.05) is 6.54 Å². The van der Waals surface area contributed by atoms with Crippen LogP contribution in [0.1, 0.15) is 31.1 Å². The van der Waals surface area contributed by atoms with Gasteiger partial charge in [-0.05, 0) is 41.8 Å². The fourth-order valence-corrected chi connectivity index (χ4v) is 6.44. The summed E-state index contributed by atoms with van der Waals surface area (Å²) in [6, 6.07) is 1.77. The molecule has 4 nitrogen and oxygen atoms in total. The average molecular weight is 353 g/mol. The van der Waals surface area contributed by atoms with Gasteiger partial charge in [0.15, 0.2) is 0 Å². The largest absolute Gasteiger partial charge is 0.326 e. The second-order valence-electron chi connectivity index (χ2n) is 4.52. The van der Waals surface area contributed by atoms with Gasteiger partial charge >= 0.3 is 0 Å². The third-order valence-corrected chi connectivity index (χ3v) is 7.52. The van der Waals surface area contributed by atoms with E-state index in [1.807, 2.05) is 6.92 Å². The molecule has 0 aromatic carbocycles. The smallest absolute Gasteiger partial charge is 0.245 e. The molecule has 1 aliphatic heterocycles. The maximum atomic E-state index is 12.6. The van der Waals surface area contributed by atoms with Crippen molar-refractivity contribution in [2.24, 2.45) is 5.73 Å². The van der Waals surface area contributed by atoms with Gasteiger partial charge in [-0.2, -0.15) is 4.31 Å². The van der Waals surface area contributed by atoms with Crippen molar-refractivity contribution in [2.45, 2.75) is 43.7 Å². The molecule has 1 unspecified atom stereocenters. The van der Waals surface area contributed by atoms with E-state index in [-0.39, 0.29) is 6.04 Å². The van der Waals surface area contributed by atoms with E-state index in [0.717, 1.165) is 24.1 Å². The number of halogens is 1. The van der Waals surface area contributed by atoms with Crippen molar-refractivity contribution < 1.29 is 8.42 Å². The quantitative estimate of drug-likeness (QED) is 0.908. The van der Waals surface area contributed by atoms with Gasteiger partial charge in [0.05, 0.1) is 3.79 Å². The monoisotopic (exact) mass is 352 g/mol. The molecule has 1 saturated heterocycles. The zero-order valence-electron chi connectivity index (χ0n) is 10.2. The Morgan fingerprint density at radius 3 is 2.83 bits per heavy atom. The van der Waals surface area contributed by atoms with Crippen LogP contribution in [0.3, 0.4) is 0 Å². The Kier molecular flexibility index (Phi) is 4.48. The molecule has 2 rings (SSSR count). The van der Waals surface area contributed by atoms with Crippen LogP contribution in [0.4, 0.5) is 0 Å². The number of hydrogen-bond acceptors (Lipinski definition) is 4. The Morgan fingerprint density at radius 2 is 2.28 bits per heavy atom. The van der Waals surface area contributed by atoms with E-state index in [2.05, 4.69) is 15.9 Å².